The second kappa shape index (κ2) is 18.8. The van der Waals surface area contributed by atoms with Gasteiger partial charge in [-0.1, -0.05) is 0 Å². The molecule has 0 spiro atoms. The molecule has 0 amide bonds. The van der Waals surface area contributed by atoms with Gasteiger partial charge in [-0.25, -0.2) is 0 Å². The van der Waals surface area contributed by atoms with E-state index >= 15 is 0 Å². The molecule has 4 nitrogen and oxygen atoms in total. The molecule has 7 heteroatoms. The summed E-state index contributed by atoms with van der Waals surface area (Å²) in [4.78, 5) is 0. The molecule has 272 valence electrons. The summed E-state index contributed by atoms with van der Waals surface area (Å²) in [5.74, 6) is 0. The van der Waals surface area contributed by atoms with Gasteiger partial charge in [-0.15, -0.1) is 0 Å². The number of rotatable bonds is 14. The van der Waals surface area contributed by atoms with Crippen molar-refractivity contribution in [3.63, 3.8) is 0 Å². The summed E-state index contributed by atoms with van der Waals surface area (Å²) in [6.45, 7) is 5.89. The zero-order chi connectivity index (χ0) is 32.4. The summed E-state index contributed by atoms with van der Waals surface area (Å²) in [7, 11) is -4.62. The topological polar surface area (TPSA) is 36.9 Å². The van der Waals surface area contributed by atoms with E-state index in [1.54, 1.807) is 0 Å². The molecular formula is C40H76O4Si2Zr. The maximum atomic E-state index is 8.57. The molecule has 0 aliphatic heterocycles. The molecule has 0 radical (unpaired) electrons. The molecule has 0 heterocycles. The first-order valence-electron chi connectivity index (χ1n) is 21.8. The van der Waals surface area contributed by atoms with Crippen LogP contribution in [0.4, 0.5) is 0 Å². The van der Waals surface area contributed by atoms with Gasteiger partial charge in [0.15, 0.2) is 0 Å². The molecular weight excluding hydrogens is 692 g/mol. The average Bonchev–Trinajstić information content (AvgIpc) is 3.15. The zero-order valence-corrected chi connectivity index (χ0v) is 35.7. The fourth-order valence-corrected chi connectivity index (χ4v) is 45.3. The fourth-order valence-electron chi connectivity index (χ4n) is 12.8. The Morgan fingerprint density at radius 2 is 0.532 bits per heavy atom. The van der Waals surface area contributed by atoms with Gasteiger partial charge in [0, 0.05) is 0 Å². The SMILES string of the molecule is CC[O][Zr]([O]CC)([O][Si](C1CCCCC1)(C1CCCCC1)C1CCCCC1)[O][Si](C1CCCCC1)(C1CCCCC1)C1CCCCC1. The van der Waals surface area contributed by atoms with Crippen LogP contribution in [-0.4, -0.2) is 29.8 Å². The number of hydrogen-bond donors (Lipinski definition) is 0. The van der Waals surface area contributed by atoms with Gasteiger partial charge in [-0.05, 0) is 0 Å². The second-order valence-corrected chi connectivity index (χ2v) is 32.9. The molecule has 6 rings (SSSR count). The van der Waals surface area contributed by atoms with Crippen molar-refractivity contribution < 1.29 is 32.7 Å². The van der Waals surface area contributed by atoms with Crippen LogP contribution in [0.2, 0.25) is 33.2 Å². The Balaban J connectivity index is 1.49. The van der Waals surface area contributed by atoms with Crippen molar-refractivity contribution in [1.29, 1.82) is 0 Å². The van der Waals surface area contributed by atoms with Crippen molar-refractivity contribution in [3.8, 4) is 0 Å². The minimum absolute atomic E-state index is 0.699. The molecule has 6 fully saturated rings. The van der Waals surface area contributed by atoms with Crippen LogP contribution in [0.15, 0.2) is 0 Å². The van der Waals surface area contributed by atoms with Crippen LogP contribution in [0.3, 0.4) is 0 Å². The molecule has 6 saturated carbocycles. The van der Waals surface area contributed by atoms with Crippen LogP contribution in [0.25, 0.3) is 0 Å². The minimum atomic E-state index is -4.55. The van der Waals surface area contributed by atoms with E-state index in [1.165, 1.54) is 193 Å². The summed E-state index contributed by atoms with van der Waals surface area (Å²) in [6, 6.07) is 0. The third kappa shape index (κ3) is 8.70. The maximum absolute atomic E-state index is 8.57. The molecule has 0 bridgehead atoms. The molecule has 47 heavy (non-hydrogen) atoms. The van der Waals surface area contributed by atoms with E-state index in [4.69, 9.17) is 10.6 Å². The summed E-state index contributed by atoms with van der Waals surface area (Å²) >= 11 is -4.55. The molecule has 6 aliphatic rings. The molecule has 0 unspecified atom stereocenters. The van der Waals surface area contributed by atoms with Crippen molar-refractivity contribution in [2.45, 2.75) is 240 Å². The van der Waals surface area contributed by atoms with E-state index in [0.717, 1.165) is 33.2 Å². The van der Waals surface area contributed by atoms with Crippen LogP contribution in [0, 0.1) is 0 Å². The quantitative estimate of drug-likeness (QED) is 0.165. The molecule has 6 aliphatic carbocycles. The van der Waals surface area contributed by atoms with Crippen molar-refractivity contribution >= 4 is 16.6 Å². The van der Waals surface area contributed by atoms with E-state index in [2.05, 4.69) is 13.8 Å². The predicted octanol–water partition coefficient (Wildman–Crippen LogP) is 13.8. The summed E-state index contributed by atoms with van der Waals surface area (Å²) in [5.41, 5.74) is 4.74. The first-order chi connectivity index (χ1) is 23.2. The standard InChI is InChI=1S/2C18H33OSi.2C2H5O.Zr/c2*19-20(16-10-4-1-5-11-16,17-12-6-2-7-13-17)18-14-8-3-9-15-18;2*1-2-3;/h2*16-18H,1-15H2;2*2H2,1H3;/q4*-1;+4. The van der Waals surface area contributed by atoms with E-state index in [1.807, 2.05) is 0 Å². The van der Waals surface area contributed by atoms with Gasteiger partial charge in [0.05, 0.1) is 0 Å². The average molecular weight is 768 g/mol. The normalized spacial score (nSPS) is 26.9. The van der Waals surface area contributed by atoms with Gasteiger partial charge in [-0.2, -0.15) is 0 Å². The van der Waals surface area contributed by atoms with Crippen LogP contribution < -0.4 is 0 Å². The van der Waals surface area contributed by atoms with Crippen LogP contribution in [0.5, 0.6) is 0 Å². The first kappa shape index (κ1) is 37.9. The third-order valence-electron chi connectivity index (χ3n) is 14.7. The van der Waals surface area contributed by atoms with Crippen molar-refractivity contribution in [1.82, 2.24) is 0 Å². The molecule has 0 aromatic rings. The van der Waals surface area contributed by atoms with E-state index in [0.29, 0.717) is 13.2 Å². The fraction of sp³-hybridized carbons (Fsp3) is 1.00. The predicted molar refractivity (Wildman–Crippen MR) is 198 cm³/mol. The van der Waals surface area contributed by atoms with E-state index in [-0.39, 0.29) is 0 Å². The Morgan fingerprint density at radius 3 is 0.702 bits per heavy atom. The Kier molecular flexibility index (Phi) is 15.1. The summed E-state index contributed by atoms with van der Waals surface area (Å²) in [6.07, 6.45) is 42.5. The Hall–Kier alpha value is 1.16. The van der Waals surface area contributed by atoms with Crippen LogP contribution >= 0.6 is 0 Å². The summed E-state index contributed by atoms with van der Waals surface area (Å²) < 4.78 is 31.8. The van der Waals surface area contributed by atoms with Gasteiger partial charge < -0.3 is 0 Å². The first-order valence-corrected chi connectivity index (χ1v) is 30.1. The molecule has 0 saturated heterocycles. The van der Waals surface area contributed by atoms with Crippen molar-refractivity contribution in [3.05, 3.63) is 0 Å². The van der Waals surface area contributed by atoms with E-state index < -0.39 is 38.7 Å². The van der Waals surface area contributed by atoms with Crippen LogP contribution in [-0.2, 0) is 32.7 Å². The second-order valence-electron chi connectivity index (χ2n) is 17.3. The third-order valence-corrected chi connectivity index (χ3v) is 39.1. The van der Waals surface area contributed by atoms with Gasteiger partial charge in [-0.3, -0.25) is 0 Å². The van der Waals surface area contributed by atoms with Gasteiger partial charge in [0.1, 0.15) is 0 Å². The zero-order valence-electron chi connectivity index (χ0n) is 31.2. The molecule has 0 N–H and O–H groups in total. The monoisotopic (exact) mass is 766 g/mol. The van der Waals surface area contributed by atoms with E-state index in [9.17, 15) is 0 Å². The molecule has 0 atom stereocenters. The van der Waals surface area contributed by atoms with Crippen LogP contribution in [0.1, 0.15) is 206 Å². The van der Waals surface area contributed by atoms with Gasteiger partial charge in [0.25, 0.3) is 0 Å². The Bertz CT molecular complexity index is 722. The molecule has 0 aromatic carbocycles. The Labute approximate surface area is 300 Å². The molecule has 0 aromatic heterocycles. The Morgan fingerprint density at radius 1 is 0.340 bits per heavy atom. The summed E-state index contributed by atoms with van der Waals surface area (Å²) in [5, 5.41) is 0. The van der Waals surface area contributed by atoms with Gasteiger partial charge >= 0.3 is 302 Å². The van der Waals surface area contributed by atoms with Gasteiger partial charge in [0.2, 0.25) is 0 Å². The van der Waals surface area contributed by atoms with Crippen molar-refractivity contribution in [2.75, 3.05) is 13.2 Å². The number of hydrogen-bond acceptors (Lipinski definition) is 4. The van der Waals surface area contributed by atoms with Crippen molar-refractivity contribution in [2.24, 2.45) is 0 Å².